The van der Waals surface area contributed by atoms with E-state index >= 15 is 0 Å². The molecule has 7 heteroatoms. The van der Waals surface area contributed by atoms with Gasteiger partial charge in [-0.2, -0.15) is 13.2 Å². The number of piperidine rings is 1. The summed E-state index contributed by atoms with van der Waals surface area (Å²) < 4.78 is 60.0. The highest BCUT2D eigenvalue weighted by molar-refractivity contribution is 5.98. The summed E-state index contributed by atoms with van der Waals surface area (Å²) in [6.45, 7) is 1.69. The fourth-order valence-corrected chi connectivity index (χ4v) is 5.13. The Kier molecular flexibility index (Phi) is 7.07. The maximum atomic E-state index is 13.5. The predicted octanol–water partition coefficient (Wildman–Crippen LogP) is 7.89. The standard InChI is InChI=1S/C30H28F4N2O/c1-35(20-21-11-12-22(31)19-27(21)30(32,33)34)23-15-17-36(18-16-23)28-13-14-29(26-10-6-5-9-25(26)28)37-24-7-3-2-4-8-24/h2-14,19,23H,15-18,20H2,1H3. The van der Waals surface area contributed by atoms with Gasteiger partial charge in [-0.15, -0.1) is 0 Å². The molecule has 4 aromatic carbocycles. The van der Waals surface area contributed by atoms with Crippen LogP contribution in [0, 0.1) is 5.82 Å². The lowest BCUT2D eigenvalue weighted by Gasteiger charge is -2.38. The van der Waals surface area contributed by atoms with Gasteiger partial charge in [-0.25, -0.2) is 4.39 Å². The minimum Gasteiger partial charge on any atom is -0.457 e. The van der Waals surface area contributed by atoms with Gasteiger partial charge >= 0.3 is 6.18 Å². The molecule has 1 heterocycles. The van der Waals surface area contributed by atoms with Crippen LogP contribution in [0.25, 0.3) is 10.8 Å². The van der Waals surface area contributed by atoms with Crippen LogP contribution in [0.4, 0.5) is 23.2 Å². The third-order valence-corrected chi connectivity index (χ3v) is 7.06. The summed E-state index contributed by atoms with van der Waals surface area (Å²) in [6, 6.07) is 25.0. The van der Waals surface area contributed by atoms with Crippen LogP contribution in [0.3, 0.4) is 0 Å². The molecule has 1 saturated heterocycles. The van der Waals surface area contributed by atoms with Crippen LogP contribution in [0.1, 0.15) is 24.0 Å². The summed E-state index contributed by atoms with van der Waals surface area (Å²) in [5.41, 5.74) is 0.315. The molecule has 1 aliphatic rings. The fraction of sp³-hybridized carbons (Fsp3) is 0.267. The number of hydrogen-bond donors (Lipinski definition) is 0. The first kappa shape index (κ1) is 25.1. The van der Waals surface area contributed by atoms with Gasteiger partial charge in [0.2, 0.25) is 0 Å². The summed E-state index contributed by atoms with van der Waals surface area (Å²) in [6.07, 6.45) is -2.95. The Balaban J connectivity index is 1.29. The maximum Gasteiger partial charge on any atom is 0.416 e. The molecule has 0 aromatic heterocycles. The van der Waals surface area contributed by atoms with Gasteiger partial charge in [-0.1, -0.05) is 48.5 Å². The Hall–Kier alpha value is -3.58. The van der Waals surface area contributed by atoms with E-state index in [1.165, 1.54) is 6.07 Å². The van der Waals surface area contributed by atoms with Gasteiger partial charge in [0, 0.05) is 42.1 Å². The summed E-state index contributed by atoms with van der Waals surface area (Å²) in [5.74, 6) is 0.693. The van der Waals surface area contributed by atoms with E-state index in [2.05, 4.69) is 23.1 Å². The molecular formula is C30H28F4N2O. The molecule has 4 aromatic rings. The normalized spacial score (nSPS) is 14.9. The van der Waals surface area contributed by atoms with Crippen molar-refractivity contribution in [2.24, 2.45) is 0 Å². The average molecular weight is 509 g/mol. The summed E-state index contributed by atoms with van der Waals surface area (Å²) >= 11 is 0. The molecule has 0 radical (unpaired) electrons. The van der Waals surface area contributed by atoms with Gasteiger partial charge in [0.1, 0.15) is 17.3 Å². The molecule has 5 rings (SSSR count). The Morgan fingerprint density at radius 2 is 1.54 bits per heavy atom. The Morgan fingerprint density at radius 3 is 2.24 bits per heavy atom. The second-order valence-electron chi connectivity index (χ2n) is 9.48. The molecule has 3 nitrogen and oxygen atoms in total. The number of anilines is 1. The van der Waals surface area contributed by atoms with E-state index in [1.807, 2.05) is 60.5 Å². The predicted molar refractivity (Wildman–Crippen MR) is 139 cm³/mol. The van der Waals surface area contributed by atoms with Gasteiger partial charge in [-0.05, 0) is 61.9 Å². The third-order valence-electron chi connectivity index (χ3n) is 7.06. The largest absolute Gasteiger partial charge is 0.457 e. The van der Waals surface area contributed by atoms with Gasteiger partial charge in [0.25, 0.3) is 0 Å². The second-order valence-corrected chi connectivity index (χ2v) is 9.48. The smallest absolute Gasteiger partial charge is 0.416 e. The summed E-state index contributed by atoms with van der Waals surface area (Å²) in [4.78, 5) is 4.28. The molecule has 0 saturated carbocycles. The van der Waals surface area contributed by atoms with Crippen molar-refractivity contribution in [2.45, 2.75) is 31.6 Å². The first-order chi connectivity index (χ1) is 17.8. The number of benzene rings is 4. The average Bonchev–Trinajstić information content (AvgIpc) is 2.90. The topological polar surface area (TPSA) is 15.7 Å². The van der Waals surface area contributed by atoms with Gasteiger partial charge in [0.05, 0.1) is 5.56 Å². The van der Waals surface area contributed by atoms with Crippen LogP contribution in [0.2, 0.25) is 0 Å². The molecule has 0 bridgehead atoms. The van der Waals surface area contributed by atoms with Crippen molar-refractivity contribution in [3.63, 3.8) is 0 Å². The molecule has 1 aliphatic heterocycles. The first-order valence-corrected chi connectivity index (χ1v) is 12.3. The van der Waals surface area contributed by atoms with Crippen LogP contribution in [0.15, 0.2) is 84.9 Å². The highest BCUT2D eigenvalue weighted by Gasteiger charge is 2.34. The quantitative estimate of drug-likeness (QED) is 0.246. The van der Waals surface area contributed by atoms with Gasteiger partial charge < -0.3 is 9.64 Å². The van der Waals surface area contributed by atoms with Crippen molar-refractivity contribution in [1.82, 2.24) is 4.90 Å². The molecule has 192 valence electrons. The molecule has 0 spiro atoms. The molecule has 0 unspecified atom stereocenters. The van der Waals surface area contributed by atoms with E-state index in [-0.39, 0.29) is 18.2 Å². The molecule has 37 heavy (non-hydrogen) atoms. The SMILES string of the molecule is CN(Cc1ccc(F)cc1C(F)(F)F)C1CCN(c2ccc(Oc3ccccc3)c3ccccc23)CC1. The van der Waals surface area contributed by atoms with Crippen LogP contribution >= 0.6 is 0 Å². The maximum absolute atomic E-state index is 13.5. The Bertz CT molecular complexity index is 1370. The van der Waals surface area contributed by atoms with Crippen molar-refractivity contribution in [3.05, 3.63) is 102 Å². The zero-order chi connectivity index (χ0) is 26.0. The minimum atomic E-state index is -4.58. The minimum absolute atomic E-state index is 0.0961. The molecule has 0 amide bonds. The molecular weight excluding hydrogens is 480 g/mol. The van der Waals surface area contributed by atoms with Crippen LogP contribution < -0.4 is 9.64 Å². The lowest BCUT2D eigenvalue weighted by atomic mass is 9.99. The number of ether oxygens (including phenoxy) is 1. The van der Waals surface area contributed by atoms with Crippen LogP contribution in [0.5, 0.6) is 11.5 Å². The van der Waals surface area contributed by atoms with Crippen LogP contribution in [-0.2, 0) is 12.7 Å². The first-order valence-electron chi connectivity index (χ1n) is 12.3. The molecule has 0 aliphatic carbocycles. The lowest BCUT2D eigenvalue weighted by Crippen LogP contribution is -2.43. The number of nitrogens with zero attached hydrogens (tertiary/aromatic N) is 2. The van der Waals surface area contributed by atoms with Gasteiger partial charge in [-0.3, -0.25) is 4.90 Å². The van der Waals surface area contributed by atoms with Gasteiger partial charge in [0.15, 0.2) is 0 Å². The highest BCUT2D eigenvalue weighted by Crippen LogP contribution is 2.38. The number of fused-ring (bicyclic) bond motifs is 1. The highest BCUT2D eigenvalue weighted by atomic mass is 19.4. The number of hydrogen-bond acceptors (Lipinski definition) is 3. The third kappa shape index (κ3) is 5.57. The zero-order valence-corrected chi connectivity index (χ0v) is 20.5. The zero-order valence-electron chi connectivity index (χ0n) is 20.5. The number of para-hydroxylation sites is 1. The summed E-state index contributed by atoms with van der Waals surface area (Å²) in [5, 5.41) is 2.13. The monoisotopic (exact) mass is 508 g/mol. The summed E-state index contributed by atoms with van der Waals surface area (Å²) in [7, 11) is 1.84. The van der Waals surface area contributed by atoms with E-state index in [1.54, 1.807) is 0 Å². The van der Waals surface area contributed by atoms with Crippen molar-refractivity contribution in [2.75, 3.05) is 25.0 Å². The van der Waals surface area contributed by atoms with Crippen molar-refractivity contribution >= 4 is 16.5 Å². The Morgan fingerprint density at radius 1 is 0.865 bits per heavy atom. The van der Waals surface area contributed by atoms with E-state index in [0.717, 1.165) is 60.0 Å². The molecule has 1 fully saturated rings. The Labute approximate surface area is 213 Å². The van der Waals surface area contributed by atoms with E-state index in [0.29, 0.717) is 6.07 Å². The van der Waals surface area contributed by atoms with Crippen LogP contribution in [-0.4, -0.2) is 31.1 Å². The number of rotatable bonds is 6. The second kappa shape index (κ2) is 10.4. The number of halogens is 4. The lowest BCUT2D eigenvalue weighted by molar-refractivity contribution is -0.138. The van der Waals surface area contributed by atoms with E-state index in [4.69, 9.17) is 4.74 Å². The van der Waals surface area contributed by atoms with E-state index in [9.17, 15) is 17.6 Å². The van der Waals surface area contributed by atoms with E-state index < -0.39 is 17.6 Å². The van der Waals surface area contributed by atoms with Crippen molar-refractivity contribution in [3.8, 4) is 11.5 Å². The van der Waals surface area contributed by atoms with Crippen molar-refractivity contribution in [1.29, 1.82) is 0 Å². The molecule has 0 atom stereocenters. The molecule has 0 N–H and O–H groups in total. The van der Waals surface area contributed by atoms with Crippen molar-refractivity contribution < 1.29 is 22.3 Å². The number of alkyl halides is 3. The fourth-order valence-electron chi connectivity index (χ4n) is 5.13.